The van der Waals surface area contributed by atoms with Gasteiger partial charge in [0.05, 0.1) is 18.1 Å². The number of nitrogens with one attached hydrogen (secondary N) is 1. The molecule has 23 heavy (non-hydrogen) atoms. The molecule has 2 rings (SSSR count). The van der Waals surface area contributed by atoms with E-state index in [-0.39, 0.29) is 18.7 Å². The number of benzene rings is 2. The molecule has 1 amide bonds. The van der Waals surface area contributed by atoms with Crippen LogP contribution in [0.1, 0.15) is 16.7 Å². The maximum atomic E-state index is 12.0. The van der Waals surface area contributed by atoms with Gasteiger partial charge in [-0.05, 0) is 17.2 Å². The Morgan fingerprint density at radius 2 is 1.74 bits per heavy atom. The van der Waals surface area contributed by atoms with Crippen molar-refractivity contribution in [1.29, 1.82) is 5.26 Å². The summed E-state index contributed by atoms with van der Waals surface area (Å²) in [5, 5.41) is 20.9. The van der Waals surface area contributed by atoms with Crippen LogP contribution in [0.25, 0.3) is 0 Å². The lowest BCUT2D eigenvalue weighted by Gasteiger charge is -2.15. The maximum Gasteiger partial charge on any atom is 0.326 e. The maximum absolute atomic E-state index is 12.0. The van der Waals surface area contributed by atoms with E-state index in [0.29, 0.717) is 11.1 Å². The minimum atomic E-state index is -1.13. The van der Waals surface area contributed by atoms with Gasteiger partial charge in [-0.2, -0.15) is 5.26 Å². The van der Waals surface area contributed by atoms with Crippen LogP contribution in [-0.4, -0.2) is 23.0 Å². The van der Waals surface area contributed by atoms with Crippen LogP contribution < -0.4 is 5.32 Å². The van der Waals surface area contributed by atoms with Crippen molar-refractivity contribution in [3.05, 3.63) is 71.3 Å². The number of amides is 1. The summed E-state index contributed by atoms with van der Waals surface area (Å²) in [6.45, 7) is 0. The van der Waals surface area contributed by atoms with Gasteiger partial charge in [0.2, 0.25) is 5.91 Å². The fourth-order valence-electron chi connectivity index (χ4n) is 2.25. The number of nitriles is 1. The number of rotatable bonds is 6. The molecule has 0 saturated heterocycles. The van der Waals surface area contributed by atoms with Gasteiger partial charge in [0.1, 0.15) is 6.04 Å². The predicted molar refractivity (Wildman–Crippen MR) is 84.6 cm³/mol. The molecule has 2 aromatic rings. The Balaban J connectivity index is 2.06. The number of hydrogen-bond donors (Lipinski definition) is 2. The average molecular weight is 308 g/mol. The second-order valence-corrected chi connectivity index (χ2v) is 5.09. The van der Waals surface area contributed by atoms with Gasteiger partial charge in [-0.3, -0.25) is 4.79 Å². The Hall–Kier alpha value is -3.13. The normalized spacial score (nSPS) is 11.3. The molecule has 0 fully saturated rings. The second kappa shape index (κ2) is 7.76. The van der Waals surface area contributed by atoms with E-state index >= 15 is 0 Å². The highest BCUT2D eigenvalue weighted by Crippen LogP contribution is 2.10. The van der Waals surface area contributed by atoms with Gasteiger partial charge < -0.3 is 10.4 Å². The minimum absolute atomic E-state index is 0.0690. The van der Waals surface area contributed by atoms with E-state index in [1.807, 2.05) is 24.3 Å². The number of nitrogens with zero attached hydrogens (tertiary/aromatic N) is 1. The molecule has 0 unspecified atom stereocenters. The molecule has 5 nitrogen and oxygen atoms in total. The van der Waals surface area contributed by atoms with Crippen LogP contribution in [0.3, 0.4) is 0 Å². The summed E-state index contributed by atoms with van der Waals surface area (Å²) in [5.74, 6) is -1.49. The van der Waals surface area contributed by atoms with E-state index in [0.717, 1.165) is 5.56 Å². The van der Waals surface area contributed by atoms with Crippen LogP contribution in [0.2, 0.25) is 0 Å². The lowest BCUT2D eigenvalue weighted by atomic mass is 10.0. The predicted octanol–water partition coefficient (Wildman–Crippen LogP) is 1.91. The Kier molecular flexibility index (Phi) is 5.48. The van der Waals surface area contributed by atoms with E-state index in [1.54, 1.807) is 36.4 Å². The van der Waals surface area contributed by atoms with Crippen LogP contribution in [0.5, 0.6) is 0 Å². The van der Waals surface area contributed by atoms with Crippen LogP contribution in [0, 0.1) is 11.3 Å². The Morgan fingerprint density at radius 1 is 1.09 bits per heavy atom. The molecule has 0 aliphatic carbocycles. The molecular formula is C18H16N2O3. The third-order valence-electron chi connectivity index (χ3n) is 3.40. The topological polar surface area (TPSA) is 90.2 Å². The first-order chi connectivity index (χ1) is 11.1. The van der Waals surface area contributed by atoms with Crippen molar-refractivity contribution in [3.63, 3.8) is 0 Å². The van der Waals surface area contributed by atoms with Crippen molar-refractivity contribution >= 4 is 11.9 Å². The molecule has 0 heterocycles. The molecule has 0 spiro atoms. The van der Waals surface area contributed by atoms with Crippen LogP contribution in [0.4, 0.5) is 0 Å². The van der Waals surface area contributed by atoms with Gasteiger partial charge in [0.15, 0.2) is 0 Å². The molecule has 1 atom stereocenters. The van der Waals surface area contributed by atoms with E-state index < -0.39 is 12.0 Å². The molecule has 0 radical (unpaired) electrons. The van der Waals surface area contributed by atoms with Gasteiger partial charge in [0.25, 0.3) is 0 Å². The first kappa shape index (κ1) is 16.2. The lowest BCUT2D eigenvalue weighted by Crippen LogP contribution is -2.43. The second-order valence-electron chi connectivity index (χ2n) is 5.09. The molecule has 0 saturated carbocycles. The molecule has 116 valence electrons. The van der Waals surface area contributed by atoms with Crippen molar-refractivity contribution in [2.75, 3.05) is 0 Å². The molecule has 0 aliphatic rings. The standard InChI is InChI=1S/C18H16N2O3/c19-12-15-9-5-4-8-14(15)11-16(18(22)23)20-17(21)10-13-6-2-1-3-7-13/h1-9,16H,10-11H2,(H,20,21)(H,22,23)/t16-/m0/s1. The molecule has 0 aliphatic heterocycles. The van der Waals surface area contributed by atoms with Crippen molar-refractivity contribution in [3.8, 4) is 6.07 Å². The van der Waals surface area contributed by atoms with Crippen LogP contribution >= 0.6 is 0 Å². The average Bonchev–Trinajstić information content (AvgIpc) is 2.55. The fourth-order valence-corrected chi connectivity index (χ4v) is 2.25. The van der Waals surface area contributed by atoms with Gasteiger partial charge >= 0.3 is 5.97 Å². The summed E-state index contributed by atoms with van der Waals surface area (Å²) < 4.78 is 0. The summed E-state index contributed by atoms with van der Waals surface area (Å²) in [6, 6.07) is 16.8. The number of carbonyl (C=O) groups is 2. The lowest BCUT2D eigenvalue weighted by molar-refractivity contribution is -0.141. The van der Waals surface area contributed by atoms with Crippen molar-refractivity contribution in [2.24, 2.45) is 0 Å². The van der Waals surface area contributed by atoms with Gasteiger partial charge in [-0.1, -0.05) is 48.5 Å². The number of hydrogen-bond acceptors (Lipinski definition) is 3. The number of carboxylic acids is 1. The van der Waals surface area contributed by atoms with Gasteiger partial charge in [-0.25, -0.2) is 4.79 Å². The van der Waals surface area contributed by atoms with Crippen molar-refractivity contribution < 1.29 is 14.7 Å². The third kappa shape index (κ3) is 4.68. The summed E-state index contributed by atoms with van der Waals surface area (Å²) in [6.07, 6.45) is 0.185. The smallest absolute Gasteiger partial charge is 0.326 e. The monoisotopic (exact) mass is 308 g/mol. The molecule has 2 N–H and O–H groups in total. The zero-order valence-electron chi connectivity index (χ0n) is 12.4. The molecule has 5 heteroatoms. The van der Waals surface area contributed by atoms with E-state index in [1.165, 1.54) is 0 Å². The van der Waals surface area contributed by atoms with Crippen molar-refractivity contribution in [2.45, 2.75) is 18.9 Å². The molecular weight excluding hydrogens is 292 g/mol. The SMILES string of the molecule is N#Cc1ccccc1C[C@H](NC(=O)Cc1ccccc1)C(=O)O. The molecule has 0 aromatic heterocycles. The van der Waals surface area contributed by atoms with E-state index in [9.17, 15) is 14.7 Å². The Morgan fingerprint density at radius 3 is 2.39 bits per heavy atom. The highest BCUT2D eigenvalue weighted by Gasteiger charge is 2.21. The molecule has 0 bridgehead atoms. The summed E-state index contributed by atoms with van der Waals surface area (Å²) >= 11 is 0. The Bertz CT molecular complexity index is 735. The minimum Gasteiger partial charge on any atom is -0.480 e. The quantitative estimate of drug-likeness (QED) is 0.853. The van der Waals surface area contributed by atoms with E-state index in [4.69, 9.17) is 5.26 Å². The highest BCUT2D eigenvalue weighted by atomic mass is 16.4. The Labute approximate surface area is 134 Å². The largest absolute Gasteiger partial charge is 0.480 e. The zero-order valence-corrected chi connectivity index (χ0v) is 12.4. The van der Waals surface area contributed by atoms with Crippen LogP contribution in [-0.2, 0) is 22.4 Å². The summed E-state index contributed by atoms with van der Waals surface area (Å²) in [5.41, 5.74) is 1.82. The van der Waals surface area contributed by atoms with Crippen LogP contribution in [0.15, 0.2) is 54.6 Å². The zero-order chi connectivity index (χ0) is 16.7. The summed E-state index contributed by atoms with van der Waals surface area (Å²) in [4.78, 5) is 23.4. The number of carboxylic acid groups (broad SMARTS) is 1. The van der Waals surface area contributed by atoms with Gasteiger partial charge in [-0.15, -0.1) is 0 Å². The molecule has 2 aromatic carbocycles. The third-order valence-corrected chi connectivity index (χ3v) is 3.40. The first-order valence-corrected chi connectivity index (χ1v) is 7.14. The number of carbonyl (C=O) groups excluding carboxylic acids is 1. The first-order valence-electron chi connectivity index (χ1n) is 7.14. The number of aliphatic carboxylic acids is 1. The van der Waals surface area contributed by atoms with Crippen molar-refractivity contribution in [1.82, 2.24) is 5.32 Å². The highest BCUT2D eigenvalue weighted by molar-refractivity contribution is 5.85. The fraction of sp³-hybridized carbons (Fsp3) is 0.167. The van der Waals surface area contributed by atoms with E-state index in [2.05, 4.69) is 5.32 Å². The van der Waals surface area contributed by atoms with Gasteiger partial charge in [0, 0.05) is 6.42 Å². The summed E-state index contributed by atoms with van der Waals surface area (Å²) in [7, 11) is 0.